The SMILES string of the molecule is [C-]#[N+]c1cc(-c2ccc(Cl)c3c2C2(CCCCC2)NC(=O)N3)ccc1C=O. The predicted molar refractivity (Wildman–Crippen MR) is 105 cm³/mol. The van der Waals surface area contributed by atoms with Crippen molar-refractivity contribution in [2.45, 2.75) is 37.6 Å². The van der Waals surface area contributed by atoms with Gasteiger partial charge < -0.3 is 10.6 Å². The zero-order valence-corrected chi connectivity index (χ0v) is 15.4. The van der Waals surface area contributed by atoms with Gasteiger partial charge in [-0.25, -0.2) is 9.64 Å². The lowest BCUT2D eigenvalue weighted by Gasteiger charge is -2.44. The second-order valence-electron chi connectivity index (χ2n) is 7.07. The van der Waals surface area contributed by atoms with Crippen LogP contribution in [-0.2, 0) is 5.54 Å². The first-order valence-corrected chi connectivity index (χ1v) is 9.35. The van der Waals surface area contributed by atoms with Crippen LogP contribution >= 0.6 is 11.6 Å². The zero-order valence-electron chi connectivity index (χ0n) is 14.6. The molecule has 1 aliphatic carbocycles. The molecule has 0 unspecified atom stereocenters. The van der Waals surface area contributed by atoms with E-state index in [-0.39, 0.29) is 6.03 Å². The molecule has 1 heterocycles. The van der Waals surface area contributed by atoms with Crippen molar-refractivity contribution in [3.05, 3.63) is 57.9 Å². The maximum Gasteiger partial charge on any atom is 0.319 e. The second kappa shape index (κ2) is 6.71. The van der Waals surface area contributed by atoms with Gasteiger partial charge in [-0.1, -0.05) is 49.1 Å². The van der Waals surface area contributed by atoms with Crippen molar-refractivity contribution in [1.82, 2.24) is 5.32 Å². The number of nitrogens with zero attached hydrogens (tertiary/aromatic N) is 1. The molecular formula is C21H18ClN3O2. The Balaban J connectivity index is 1.97. The van der Waals surface area contributed by atoms with E-state index in [1.807, 2.05) is 12.1 Å². The summed E-state index contributed by atoms with van der Waals surface area (Å²) in [5, 5.41) is 6.52. The highest BCUT2D eigenvalue weighted by molar-refractivity contribution is 6.34. The summed E-state index contributed by atoms with van der Waals surface area (Å²) < 4.78 is 0. The lowest BCUT2D eigenvalue weighted by atomic mass is 9.72. The summed E-state index contributed by atoms with van der Waals surface area (Å²) in [4.78, 5) is 27.0. The molecule has 2 aliphatic rings. The van der Waals surface area contributed by atoms with Crippen LogP contribution in [0.1, 0.15) is 48.0 Å². The van der Waals surface area contributed by atoms with E-state index in [9.17, 15) is 9.59 Å². The maximum absolute atomic E-state index is 12.3. The number of rotatable bonds is 2. The monoisotopic (exact) mass is 379 g/mol. The molecule has 1 aliphatic heterocycles. The first kappa shape index (κ1) is 17.6. The van der Waals surface area contributed by atoms with Crippen molar-refractivity contribution in [2.75, 3.05) is 5.32 Å². The summed E-state index contributed by atoms with van der Waals surface area (Å²) in [5.74, 6) is 0. The third-order valence-electron chi connectivity index (χ3n) is 5.52. The van der Waals surface area contributed by atoms with Crippen LogP contribution in [0.5, 0.6) is 0 Å². The highest BCUT2D eigenvalue weighted by Crippen LogP contribution is 2.49. The molecule has 1 saturated carbocycles. The summed E-state index contributed by atoms with van der Waals surface area (Å²) in [5.41, 5.74) is 3.60. The van der Waals surface area contributed by atoms with Gasteiger partial charge in [-0.05, 0) is 36.1 Å². The smallest absolute Gasteiger partial charge is 0.319 e. The number of fused-ring (bicyclic) bond motifs is 2. The van der Waals surface area contributed by atoms with E-state index in [2.05, 4.69) is 15.5 Å². The van der Waals surface area contributed by atoms with E-state index in [1.54, 1.807) is 18.2 Å². The Morgan fingerprint density at radius 1 is 1.15 bits per heavy atom. The Bertz CT molecular complexity index is 988. The van der Waals surface area contributed by atoms with E-state index in [0.717, 1.165) is 48.8 Å². The normalized spacial score (nSPS) is 17.4. The molecular weight excluding hydrogens is 362 g/mol. The maximum atomic E-state index is 12.3. The molecule has 2 amide bonds. The van der Waals surface area contributed by atoms with Gasteiger partial charge in [0.15, 0.2) is 5.69 Å². The molecule has 1 spiro atoms. The van der Waals surface area contributed by atoms with Gasteiger partial charge in [0.25, 0.3) is 0 Å². The van der Waals surface area contributed by atoms with Gasteiger partial charge in [-0.15, -0.1) is 0 Å². The number of benzene rings is 2. The summed E-state index contributed by atoms with van der Waals surface area (Å²) in [7, 11) is 0. The van der Waals surface area contributed by atoms with Crippen molar-refractivity contribution < 1.29 is 9.59 Å². The van der Waals surface area contributed by atoms with Crippen LogP contribution in [0.4, 0.5) is 16.2 Å². The van der Waals surface area contributed by atoms with E-state index in [0.29, 0.717) is 28.2 Å². The molecule has 2 aromatic rings. The average Bonchev–Trinajstić information content (AvgIpc) is 2.69. The average molecular weight is 380 g/mol. The van der Waals surface area contributed by atoms with Crippen LogP contribution in [0.3, 0.4) is 0 Å². The minimum atomic E-state index is -0.461. The van der Waals surface area contributed by atoms with Gasteiger partial charge in [-0.3, -0.25) is 4.79 Å². The van der Waals surface area contributed by atoms with Crippen molar-refractivity contribution in [1.29, 1.82) is 0 Å². The van der Waals surface area contributed by atoms with Gasteiger partial charge in [0.2, 0.25) is 0 Å². The first-order valence-electron chi connectivity index (χ1n) is 8.97. The molecule has 4 rings (SSSR count). The highest BCUT2D eigenvalue weighted by Gasteiger charge is 2.43. The standard InChI is InChI=1S/C21H18ClN3O2/c1-23-17-11-13(5-6-14(17)12-26)15-7-8-16(22)19-18(15)21(25-20(27)24-19)9-3-2-4-10-21/h5-8,11-12H,2-4,9-10H2,(H2,24,25,27). The van der Waals surface area contributed by atoms with Gasteiger partial charge >= 0.3 is 6.03 Å². The van der Waals surface area contributed by atoms with Gasteiger partial charge in [0, 0.05) is 11.1 Å². The van der Waals surface area contributed by atoms with Gasteiger partial charge in [0.05, 0.1) is 22.8 Å². The van der Waals surface area contributed by atoms with Crippen LogP contribution in [0, 0.1) is 6.57 Å². The summed E-state index contributed by atoms with van der Waals surface area (Å²) in [6.07, 6.45) is 5.60. The van der Waals surface area contributed by atoms with Gasteiger partial charge in [0.1, 0.15) is 6.29 Å². The van der Waals surface area contributed by atoms with E-state index in [4.69, 9.17) is 18.2 Å². The molecule has 5 nitrogen and oxygen atoms in total. The molecule has 0 radical (unpaired) electrons. The largest absolute Gasteiger partial charge is 0.328 e. The molecule has 136 valence electrons. The van der Waals surface area contributed by atoms with Gasteiger partial charge in [-0.2, -0.15) is 0 Å². The van der Waals surface area contributed by atoms with E-state index >= 15 is 0 Å². The Labute approximate surface area is 162 Å². The van der Waals surface area contributed by atoms with E-state index < -0.39 is 5.54 Å². The summed E-state index contributed by atoms with van der Waals surface area (Å²) in [6, 6.07) is 8.70. The third-order valence-corrected chi connectivity index (χ3v) is 5.84. The van der Waals surface area contributed by atoms with Crippen LogP contribution < -0.4 is 10.6 Å². The number of anilines is 1. The van der Waals surface area contributed by atoms with Crippen LogP contribution in [0.2, 0.25) is 5.02 Å². The minimum absolute atomic E-state index is 0.235. The molecule has 0 atom stereocenters. The molecule has 6 heteroatoms. The Kier molecular flexibility index (Phi) is 4.37. The molecule has 0 saturated heterocycles. The molecule has 0 bridgehead atoms. The quantitative estimate of drug-likeness (QED) is 0.522. The van der Waals surface area contributed by atoms with Crippen LogP contribution in [0.25, 0.3) is 16.0 Å². The third kappa shape index (κ3) is 2.87. The topological polar surface area (TPSA) is 62.6 Å². The van der Waals surface area contributed by atoms with Crippen molar-refractivity contribution in [3.8, 4) is 11.1 Å². The minimum Gasteiger partial charge on any atom is -0.328 e. The molecule has 2 aromatic carbocycles. The fourth-order valence-corrected chi connectivity index (χ4v) is 4.50. The number of urea groups is 1. The predicted octanol–water partition coefficient (Wildman–Crippen LogP) is 5.66. The number of nitrogens with one attached hydrogen (secondary N) is 2. The molecule has 27 heavy (non-hydrogen) atoms. The lowest BCUT2D eigenvalue weighted by molar-refractivity contribution is 0.112. The summed E-state index contributed by atoms with van der Waals surface area (Å²) >= 11 is 6.44. The number of hydrogen-bond acceptors (Lipinski definition) is 2. The Morgan fingerprint density at radius 3 is 2.63 bits per heavy atom. The van der Waals surface area contributed by atoms with E-state index in [1.165, 1.54) is 0 Å². The second-order valence-corrected chi connectivity index (χ2v) is 7.48. The number of aldehydes is 1. The first-order chi connectivity index (χ1) is 13.1. The van der Waals surface area contributed by atoms with Crippen molar-refractivity contribution >= 4 is 35.3 Å². The Hall–Kier alpha value is -2.84. The lowest BCUT2D eigenvalue weighted by Crippen LogP contribution is -2.53. The fraction of sp³-hybridized carbons (Fsp3) is 0.286. The van der Waals surface area contributed by atoms with Crippen molar-refractivity contribution in [2.24, 2.45) is 0 Å². The Morgan fingerprint density at radius 2 is 1.93 bits per heavy atom. The number of carbonyl (C=O) groups is 2. The number of amides is 2. The molecule has 0 aromatic heterocycles. The highest BCUT2D eigenvalue weighted by atomic mass is 35.5. The van der Waals surface area contributed by atoms with Crippen LogP contribution in [-0.4, -0.2) is 12.3 Å². The zero-order chi connectivity index (χ0) is 19.0. The fourth-order valence-electron chi connectivity index (χ4n) is 4.30. The number of carbonyl (C=O) groups excluding carboxylic acids is 2. The number of hydrogen-bond donors (Lipinski definition) is 2. The molecule has 1 fully saturated rings. The molecule has 2 N–H and O–H groups in total. The summed E-state index contributed by atoms with van der Waals surface area (Å²) in [6.45, 7) is 7.36. The van der Waals surface area contributed by atoms with Crippen LogP contribution in [0.15, 0.2) is 30.3 Å². The number of halogens is 1. The van der Waals surface area contributed by atoms with Crippen molar-refractivity contribution in [3.63, 3.8) is 0 Å².